The van der Waals surface area contributed by atoms with E-state index in [9.17, 15) is 0 Å². The van der Waals surface area contributed by atoms with Crippen LogP contribution in [0.1, 0.15) is 40.0 Å². The lowest BCUT2D eigenvalue weighted by molar-refractivity contribution is 0.131. The monoisotopic (exact) mass is 274 g/mol. The summed E-state index contributed by atoms with van der Waals surface area (Å²) in [7, 11) is 3.53. The molecule has 0 atom stereocenters. The summed E-state index contributed by atoms with van der Waals surface area (Å²) in [5.41, 5.74) is 0.230. The zero-order valence-electron chi connectivity index (χ0n) is 13.6. The van der Waals surface area contributed by atoms with Crippen LogP contribution in [0.3, 0.4) is 0 Å². The lowest BCUT2D eigenvalue weighted by atomic mass is 10.1. The Morgan fingerprint density at radius 1 is 0.842 bits per heavy atom. The van der Waals surface area contributed by atoms with Gasteiger partial charge in [-0.1, -0.05) is 0 Å². The second kappa shape index (κ2) is 11.6. The van der Waals surface area contributed by atoms with Crippen LogP contribution >= 0.6 is 0 Å². The minimum absolute atomic E-state index is 0.230. The Balaban J connectivity index is 3.66. The first kappa shape index (κ1) is 18.8. The first-order valence-corrected chi connectivity index (χ1v) is 7.45. The van der Waals surface area contributed by atoms with Gasteiger partial charge in [0.25, 0.3) is 0 Å². The van der Waals surface area contributed by atoms with Crippen molar-refractivity contribution in [2.75, 3.05) is 53.6 Å². The molecule has 4 nitrogen and oxygen atoms in total. The number of hydrogen-bond donors (Lipinski definition) is 1. The van der Waals surface area contributed by atoms with E-state index in [1.54, 1.807) is 14.2 Å². The van der Waals surface area contributed by atoms with Crippen molar-refractivity contribution in [3.8, 4) is 0 Å². The van der Waals surface area contributed by atoms with E-state index in [0.29, 0.717) is 0 Å². The summed E-state index contributed by atoms with van der Waals surface area (Å²) in [5.74, 6) is 0. The van der Waals surface area contributed by atoms with Crippen LogP contribution < -0.4 is 5.32 Å². The molecule has 1 N–H and O–H groups in total. The quantitative estimate of drug-likeness (QED) is 0.553. The highest BCUT2D eigenvalue weighted by Gasteiger charge is 2.08. The predicted octanol–water partition coefficient (Wildman–Crippen LogP) is 2.14. The van der Waals surface area contributed by atoms with Gasteiger partial charge in [-0.05, 0) is 53.1 Å². The van der Waals surface area contributed by atoms with Crippen LogP contribution in [0.15, 0.2) is 0 Å². The van der Waals surface area contributed by atoms with Crippen molar-refractivity contribution >= 4 is 0 Å². The van der Waals surface area contributed by atoms with E-state index in [2.05, 4.69) is 31.0 Å². The molecule has 0 saturated carbocycles. The molecule has 0 radical (unpaired) electrons. The number of nitrogens with zero attached hydrogens (tertiary/aromatic N) is 1. The van der Waals surface area contributed by atoms with Crippen LogP contribution in [-0.4, -0.2) is 64.1 Å². The van der Waals surface area contributed by atoms with Crippen LogP contribution in [0.2, 0.25) is 0 Å². The number of ether oxygens (including phenoxy) is 2. The lowest BCUT2D eigenvalue weighted by Gasteiger charge is -2.23. The normalized spacial score (nSPS) is 12.3. The van der Waals surface area contributed by atoms with E-state index in [-0.39, 0.29) is 5.54 Å². The summed E-state index contributed by atoms with van der Waals surface area (Å²) in [6.45, 7) is 12.7. The fourth-order valence-electron chi connectivity index (χ4n) is 1.91. The van der Waals surface area contributed by atoms with E-state index >= 15 is 0 Å². The van der Waals surface area contributed by atoms with E-state index in [1.807, 2.05) is 0 Å². The Morgan fingerprint density at radius 3 is 2.05 bits per heavy atom. The number of unbranched alkanes of at least 4 members (excludes halogenated alkanes) is 1. The van der Waals surface area contributed by atoms with Crippen LogP contribution in [0, 0.1) is 0 Å². The minimum Gasteiger partial charge on any atom is -0.385 e. The summed E-state index contributed by atoms with van der Waals surface area (Å²) in [6.07, 6.45) is 3.56. The summed E-state index contributed by atoms with van der Waals surface area (Å²) in [4.78, 5) is 2.47. The van der Waals surface area contributed by atoms with Gasteiger partial charge in [0.15, 0.2) is 0 Å². The second-order valence-corrected chi connectivity index (χ2v) is 6.06. The van der Waals surface area contributed by atoms with Crippen LogP contribution in [0.5, 0.6) is 0 Å². The Labute approximate surface area is 119 Å². The molecule has 0 aromatic carbocycles. The van der Waals surface area contributed by atoms with Gasteiger partial charge in [0.05, 0.1) is 6.61 Å². The fraction of sp³-hybridized carbons (Fsp3) is 1.00. The average molecular weight is 274 g/mol. The summed E-state index contributed by atoms with van der Waals surface area (Å²) in [6, 6.07) is 0. The highest BCUT2D eigenvalue weighted by Crippen LogP contribution is 2.01. The van der Waals surface area contributed by atoms with Crippen molar-refractivity contribution in [2.24, 2.45) is 0 Å². The molecule has 0 aromatic rings. The van der Waals surface area contributed by atoms with Crippen LogP contribution in [0.25, 0.3) is 0 Å². The Bertz CT molecular complexity index is 193. The molecule has 0 aliphatic rings. The first-order chi connectivity index (χ1) is 8.99. The van der Waals surface area contributed by atoms with Gasteiger partial charge in [-0.2, -0.15) is 0 Å². The molecule has 0 rings (SSSR count). The van der Waals surface area contributed by atoms with Crippen LogP contribution in [-0.2, 0) is 9.47 Å². The van der Waals surface area contributed by atoms with Crippen molar-refractivity contribution < 1.29 is 9.47 Å². The number of nitrogens with one attached hydrogen (secondary N) is 1. The topological polar surface area (TPSA) is 33.7 Å². The molecule has 0 aliphatic carbocycles. The molecule has 0 heterocycles. The molecule has 0 fully saturated rings. The maximum Gasteiger partial charge on any atom is 0.0589 e. The third-order valence-corrected chi connectivity index (χ3v) is 2.99. The van der Waals surface area contributed by atoms with E-state index in [0.717, 1.165) is 45.8 Å². The van der Waals surface area contributed by atoms with E-state index in [1.165, 1.54) is 12.8 Å². The summed E-state index contributed by atoms with van der Waals surface area (Å²) >= 11 is 0. The largest absolute Gasteiger partial charge is 0.385 e. The Morgan fingerprint density at radius 2 is 1.47 bits per heavy atom. The highest BCUT2D eigenvalue weighted by molar-refractivity contribution is 4.70. The molecule has 19 heavy (non-hydrogen) atoms. The maximum absolute atomic E-state index is 5.17. The van der Waals surface area contributed by atoms with Gasteiger partial charge >= 0.3 is 0 Å². The maximum atomic E-state index is 5.17. The molecule has 0 spiro atoms. The zero-order valence-corrected chi connectivity index (χ0v) is 13.6. The third kappa shape index (κ3) is 14.1. The molecular formula is C15H34N2O2. The highest BCUT2D eigenvalue weighted by atomic mass is 16.5. The Kier molecular flexibility index (Phi) is 11.6. The molecule has 0 saturated heterocycles. The smallest absolute Gasteiger partial charge is 0.0589 e. The third-order valence-electron chi connectivity index (χ3n) is 2.99. The minimum atomic E-state index is 0.230. The number of rotatable bonds is 12. The first-order valence-electron chi connectivity index (χ1n) is 7.45. The molecule has 4 heteroatoms. The van der Waals surface area contributed by atoms with Gasteiger partial charge in [-0.3, -0.25) is 0 Å². The Hall–Kier alpha value is -0.160. The van der Waals surface area contributed by atoms with Gasteiger partial charge in [0, 0.05) is 39.5 Å². The predicted molar refractivity (Wildman–Crippen MR) is 81.8 cm³/mol. The van der Waals surface area contributed by atoms with Gasteiger partial charge < -0.3 is 19.7 Å². The lowest BCUT2D eigenvalue weighted by Crippen LogP contribution is -2.37. The molecule has 116 valence electrons. The average Bonchev–Trinajstić information content (AvgIpc) is 2.33. The zero-order chi connectivity index (χ0) is 14.6. The fourth-order valence-corrected chi connectivity index (χ4v) is 1.91. The number of hydrogen-bond acceptors (Lipinski definition) is 4. The number of methoxy groups -OCH3 is 2. The van der Waals surface area contributed by atoms with Crippen molar-refractivity contribution in [1.82, 2.24) is 10.2 Å². The van der Waals surface area contributed by atoms with E-state index < -0.39 is 0 Å². The molecule has 0 amide bonds. The molecule has 0 bridgehead atoms. The van der Waals surface area contributed by atoms with Crippen molar-refractivity contribution in [3.63, 3.8) is 0 Å². The van der Waals surface area contributed by atoms with Gasteiger partial charge in [-0.25, -0.2) is 0 Å². The summed E-state index contributed by atoms with van der Waals surface area (Å²) < 4.78 is 10.3. The SMILES string of the molecule is COCCCN(CCCCNC(C)(C)C)CCOC. The molecule has 0 unspecified atom stereocenters. The van der Waals surface area contributed by atoms with Crippen LogP contribution in [0.4, 0.5) is 0 Å². The molecule has 0 aromatic heterocycles. The second-order valence-electron chi connectivity index (χ2n) is 6.06. The van der Waals surface area contributed by atoms with Gasteiger partial charge in [0.1, 0.15) is 0 Å². The van der Waals surface area contributed by atoms with E-state index in [4.69, 9.17) is 9.47 Å². The summed E-state index contributed by atoms with van der Waals surface area (Å²) in [5, 5.41) is 3.53. The van der Waals surface area contributed by atoms with Crippen molar-refractivity contribution in [2.45, 2.75) is 45.6 Å². The van der Waals surface area contributed by atoms with Gasteiger partial charge in [0.2, 0.25) is 0 Å². The molecule has 0 aliphatic heterocycles. The van der Waals surface area contributed by atoms with Crippen molar-refractivity contribution in [1.29, 1.82) is 0 Å². The standard InChI is InChI=1S/C15H34N2O2/c1-15(2,3)16-9-6-7-10-17(12-14-19-5)11-8-13-18-4/h16H,6-14H2,1-5H3. The van der Waals surface area contributed by atoms with Crippen molar-refractivity contribution in [3.05, 3.63) is 0 Å². The molecular weight excluding hydrogens is 240 g/mol. The van der Waals surface area contributed by atoms with Gasteiger partial charge in [-0.15, -0.1) is 0 Å².